The molecule has 0 saturated carbocycles. The van der Waals surface area contributed by atoms with E-state index in [9.17, 15) is 0 Å². The highest BCUT2D eigenvalue weighted by atomic mass is 79.9. The molecule has 1 aliphatic heterocycles. The lowest BCUT2D eigenvalue weighted by Gasteiger charge is -2.45. The number of rotatable bonds is 3. The smallest absolute Gasteiger partial charge is 0.0542 e. The van der Waals surface area contributed by atoms with E-state index in [0.717, 1.165) is 19.6 Å². The summed E-state index contributed by atoms with van der Waals surface area (Å²) in [6.07, 6.45) is 0. The molecule has 19 heavy (non-hydrogen) atoms. The molecular weight excluding hydrogens is 302 g/mol. The summed E-state index contributed by atoms with van der Waals surface area (Å²) in [5, 5.41) is 3.32. The topological polar surface area (TPSA) is 18.5 Å². The summed E-state index contributed by atoms with van der Waals surface area (Å²) in [7, 11) is 4.25. The van der Waals surface area contributed by atoms with E-state index in [2.05, 4.69) is 70.1 Å². The van der Waals surface area contributed by atoms with Gasteiger partial charge in [-0.2, -0.15) is 0 Å². The Morgan fingerprint density at radius 2 is 2.11 bits per heavy atom. The quantitative estimate of drug-likeness (QED) is 0.921. The first-order valence-corrected chi connectivity index (χ1v) is 7.70. The second-order valence-electron chi connectivity index (χ2n) is 5.59. The second kappa shape index (κ2) is 6.25. The van der Waals surface area contributed by atoms with Crippen molar-refractivity contribution in [1.29, 1.82) is 0 Å². The summed E-state index contributed by atoms with van der Waals surface area (Å²) in [5.74, 6) is 0. The summed E-state index contributed by atoms with van der Waals surface area (Å²) < 4.78 is 1.18. The average Bonchev–Trinajstić information content (AvgIpc) is 2.37. The van der Waals surface area contributed by atoms with Gasteiger partial charge >= 0.3 is 0 Å². The van der Waals surface area contributed by atoms with Gasteiger partial charge in [-0.05, 0) is 51.7 Å². The molecule has 4 heteroatoms. The maximum atomic E-state index is 3.58. The molecule has 3 nitrogen and oxygen atoms in total. The molecule has 1 saturated heterocycles. The number of anilines is 1. The molecule has 1 fully saturated rings. The van der Waals surface area contributed by atoms with Crippen LogP contribution in [-0.4, -0.2) is 50.7 Å². The number of benzene rings is 1. The van der Waals surface area contributed by atoms with Gasteiger partial charge in [-0.25, -0.2) is 0 Å². The van der Waals surface area contributed by atoms with Crippen molar-refractivity contribution in [2.45, 2.75) is 25.9 Å². The van der Waals surface area contributed by atoms with Crippen LogP contribution in [0.2, 0.25) is 0 Å². The molecule has 1 N–H and O–H groups in total. The number of hydrogen-bond donors (Lipinski definition) is 1. The lowest BCUT2D eigenvalue weighted by atomic mass is 10.1. The summed E-state index contributed by atoms with van der Waals surface area (Å²) in [4.78, 5) is 4.99. The van der Waals surface area contributed by atoms with Crippen molar-refractivity contribution in [3.63, 3.8) is 0 Å². The number of nitrogens with one attached hydrogen (secondary N) is 1. The molecule has 1 heterocycles. The molecule has 0 radical (unpaired) electrons. The molecule has 0 bridgehead atoms. The number of aryl methyl sites for hydroxylation is 1. The van der Waals surface area contributed by atoms with Crippen molar-refractivity contribution in [3.8, 4) is 0 Å². The molecule has 0 aromatic heterocycles. The molecule has 1 aromatic rings. The normalized spacial score (nSPS) is 24.8. The van der Waals surface area contributed by atoms with Crippen LogP contribution in [0.1, 0.15) is 12.5 Å². The van der Waals surface area contributed by atoms with Crippen LogP contribution < -0.4 is 10.2 Å². The van der Waals surface area contributed by atoms with Gasteiger partial charge in [0.25, 0.3) is 0 Å². The Morgan fingerprint density at radius 1 is 1.37 bits per heavy atom. The zero-order valence-corrected chi connectivity index (χ0v) is 13.9. The van der Waals surface area contributed by atoms with E-state index >= 15 is 0 Å². The molecule has 2 unspecified atom stereocenters. The number of hydrogen-bond acceptors (Lipinski definition) is 3. The minimum atomic E-state index is 0.534. The first-order valence-electron chi connectivity index (χ1n) is 6.90. The Hall–Kier alpha value is -0.580. The van der Waals surface area contributed by atoms with Crippen molar-refractivity contribution in [3.05, 3.63) is 28.2 Å². The van der Waals surface area contributed by atoms with E-state index in [0.29, 0.717) is 12.1 Å². The highest BCUT2D eigenvalue weighted by molar-refractivity contribution is 9.10. The largest absolute Gasteiger partial charge is 0.364 e. The zero-order valence-electron chi connectivity index (χ0n) is 12.3. The molecule has 0 aliphatic carbocycles. The van der Waals surface area contributed by atoms with Crippen LogP contribution in [-0.2, 0) is 0 Å². The number of nitrogens with zero attached hydrogens (tertiary/aromatic N) is 2. The van der Waals surface area contributed by atoms with Crippen LogP contribution in [0.15, 0.2) is 22.7 Å². The number of piperazine rings is 1. The fourth-order valence-electron chi connectivity index (χ4n) is 2.72. The van der Waals surface area contributed by atoms with Gasteiger partial charge in [0.1, 0.15) is 0 Å². The third-order valence-electron chi connectivity index (χ3n) is 4.07. The van der Waals surface area contributed by atoms with Crippen molar-refractivity contribution in [1.82, 2.24) is 10.2 Å². The van der Waals surface area contributed by atoms with Crippen LogP contribution >= 0.6 is 15.9 Å². The van der Waals surface area contributed by atoms with Gasteiger partial charge in [0, 0.05) is 35.8 Å². The third kappa shape index (κ3) is 3.30. The van der Waals surface area contributed by atoms with Crippen molar-refractivity contribution in [2.24, 2.45) is 0 Å². The SMILES string of the molecule is CNCC1CN(C)C(C)CN1c1ccc(Br)c(C)c1. The fraction of sp³-hybridized carbons (Fsp3) is 0.600. The van der Waals surface area contributed by atoms with Gasteiger partial charge in [0.05, 0.1) is 6.04 Å². The van der Waals surface area contributed by atoms with Crippen LogP contribution in [0.3, 0.4) is 0 Å². The maximum Gasteiger partial charge on any atom is 0.0542 e. The Bertz CT molecular complexity index is 435. The van der Waals surface area contributed by atoms with Crippen molar-refractivity contribution >= 4 is 21.6 Å². The maximum absolute atomic E-state index is 3.58. The lowest BCUT2D eigenvalue weighted by Crippen LogP contribution is -2.58. The molecule has 1 aliphatic rings. The Labute approximate surface area is 125 Å². The third-order valence-corrected chi connectivity index (χ3v) is 4.96. The van der Waals surface area contributed by atoms with Crippen LogP contribution in [0.4, 0.5) is 5.69 Å². The first-order chi connectivity index (χ1) is 9.02. The van der Waals surface area contributed by atoms with Crippen LogP contribution in [0.25, 0.3) is 0 Å². The van der Waals surface area contributed by atoms with Crippen LogP contribution in [0.5, 0.6) is 0 Å². The molecule has 2 atom stereocenters. The van der Waals surface area contributed by atoms with Gasteiger partial charge < -0.3 is 10.2 Å². The van der Waals surface area contributed by atoms with Gasteiger partial charge in [-0.15, -0.1) is 0 Å². The van der Waals surface area contributed by atoms with Gasteiger partial charge in [-0.1, -0.05) is 15.9 Å². The monoisotopic (exact) mass is 325 g/mol. The highest BCUT2D eigenvalue weighted by Gasteiger charge is 2.29. The number of halogens is 1. The van der Waals surface area contributed by atoms with Gasteiger partial charge in [-0.3, -0.25) is 4.90 Å². The Balaban J connectivity index is 2.25. The molecule has 106 valence electrons. The fourth-order valence-corrected chi connectivity index (χ4v) is 2.96. The van der Waals surface area contributed by atoms with E-state index in [1.165, 1.54) is 15.7 Å². The van der Waals surface area contributed by atoms with E-state index in [1.807, 2.05) is 7.05 Å². The van der Waals surface area contributed by atoms with Crippen molar-refractivity contribution < 1.29 is 0 Å². The molecule has 0 spiro atoms. The van der Waals surface area contributed by atoms with E-state index in [-0.39, 0.29) is 0 Å². The predicted molar refractivity (Wildman–Crippen MR) is 86.0 cm³/mol. The molecule has 1 aromatic carbocycles. The second-order valence-corrected chi connectivity index (χ2v) is 6.44. The summed E-state index contributed by atoms with van der Waals surface area (Å²) in [6, 6.07) is 7.79. The number of likely N-dealkylation sites (N-methyl/N-ethyl adjacent to an activating group) is 2. The molecule has 0 amide bonds. The minimum Gasteiger partial charge on any atom is -0.364 e. The lowest BCUT2D eigenvalue weighted by molar-refractivity contribution is 0.199. The van der Waals surface area contributed by atoms with Crippen LogP contribution in [0, 0.1) is 6.92 Å². The average molecular weight is 326 g/mol. The standard InChI is InChI=1S/C15H24BrN3/c1-11-7-13(5-6-15(11)16)19-9-12(2)18(4)10-14(19)8-17-3/h5-7,12,14,17H,8-10H2,1-4H3. The molecule has 2 rings (SSSR count). The van der Waals surface area contributed by atoms with E-state index in [1.54, 1.807) is 0 Å². The summed E-state index contributed by atoms with van der Waals surface area (Å²) in [5.41, 5.74) is 2.63. The minimum absolute atomic E-state index is 0.534. The molecular formula is C15H24BrN3. The van der Waals surface area contributed by atoms with Crippen molar-refractivity contribution in [2.75, 3.05) is 38.6 Å². The zero-order chi connectivity index (χ0) is 14.0. The van der Waals surface area contributed by atoms with E-state index in [4.69, 9.17) is 0 Å². The summed E-state index contributed by atoms with van der Waals surface area (Å²) in [6.45, 7) is 7.67. The Kier molecular flexibility index (Phi) is 4.87. The van der Waals surface area contributed by atoms with Gasteiger partial charge in [0.15, 0.2) is 0 Å². The predicted octanol–water partition coefficient (Wildman–Crippen LogP) is 2.49. The van der Waals surface area contributed by atoms with E-state index < -0.39 is 0 Å². The van der Waals surface area contributed by atoms with Gasteiger partial charge in [0.2, 0.25) is 0 Å². The first kappa shape index (κ1) is 14.8. The summed E-state index contributed by atoms with van der Waals surface area (Å²) >= 11 is 3.58. The highest BCUT2D eigenvalue weighted by Crippen LogP contribution is 2.27. The Morgan fingerprint density at radius 3 is 2.74 bits per heavy atom.